The number of halogens is 1. The Bertz CT molecular complexity index is 375. The van der Waals surface area contributed by atoms with Gasteiger partial charge in [-0.05, 0) is 55.5 Å². The van der Waals surface area contributed by atoms with Gasteiger partial charge in [0.25, 0.3) is 0 Å². The second kappa shape index (κ2) is 3.80. The highest BCUT2D eigenvalue weighted by atomic mass is 35.5. The molecule has 0 atom stereocenters. The van der Waals surface area contributed by atoms with Crippen molar-refractivity contribution in [2.45, 2.75) is 38.5 Å². The second-order valence-corrected chi connectivity index (χ2v) is 5.17. The van der Waals surface area contributed by atoms with E-state index < -0.39 is 0 Å². The smallest absolute Gasteiger partial charge is 0.0411 e. The Kier molecular flexibility index (Phi) is 2.78. The Morgan fingerprint density at radius 2 is 2.00 bits per heavy atom. The van der Waals surface area contributed by atoms with Gasteiger partial charge in [0.2, 0.25) is 0 Å². The van der Waals surface area contributed by atoms with Crippen LogP contribution in [0.3, 0.4) is 0 Å². The molecule has 1 aliphatic carbocycles. The molecule has 0 bridgehead atoms. The van der Waals surface area contributed by atoms with Crippen molar-refractivity contribution in [3.8, 4) is 0 Å². The Labute approximate surface area is 96.6 Å². The molecule has 0 spiro atoms. The van der Waals surface area contributed by atoms with Crippen LogP contribution in [-0.4, -0.2) is 6.54 Å². The highest BCUT2D eigenvalue weighted by molar-refractivity contribution is 6.30. The van der Waals surface area contributed by atoms with E-state index in [1.165, 1.54) is 36.0 Å². The fraction of sp³-hybridized carbons (Fsp3) is 0.538. The number of aryl methyl sites for hydroxylation is 1. The van der Waals surface area contributed by atoms with E-state index in [-0.39, 0.29) is 5.41 Å². The minimum atomic E-state index is 0.222. The molecule has 0 saturated heterocycles. The van der Waals surface area contributed by atoms with E-state index in [0.717, 1.165) is 11.6 Å². The average Bonchev–Trinajstić information content (AvgIpc) is 2.12. The van der Waals surface area contributed by atoms with Gasteiger partial charge in [0.05, 0.1) is 0 Å². The van der Waals surface area contributed by atoms with Crippen LogP contribution in [0.4, 0.5) is 0 Å². The molecule has 1 aliphatic rings. The van der Waals surface area contributed by atoms with Gasteiger partial charge in [-0.2, -0.15) is 0 Å². The van der Waals surface area contributed by atoms with Crippen molar-refractivity contribution in [3.63, 3.8) is 0 Å². The molecule has 0 heterocycles. The summed E-state index contributed by atoms with van der Waals surface area (Å²) in [6.45, 7) is 5.04. The summed E-state index contributed by atoms with van der Waals surface area (Å²) in [6, 6.07) is 4.14. The van der Waals surface area contributed by atoms with Crippen molar-refractivity contribution in [2.75, 3.05) is 6.54 Å². The lowest BCUT2D eigenvalue weighted by molar-refractivity contribution is 0.252. The summed E-state index contributed by atoms with van der Waals surface area (Å²) in [6.07, 6.45) is 3.72. The predicted molar refractivity (Wildman–Crippen MR) is 65.5 cm³/mol. The van der Waals surface area contributed by atoms with Crippen molar-refractivity contribution >= 4 is 11.6 Å². The zero-order valence-electron chi connectivity index (χ0n) is 9.44. The quantitative estimate of drug-likeness (QED) is 0.818. The van der Waals surface area contributed by atoms with Crippen LogP contribution < -0.4 is 5.73 Å². The zero-order chi connectivity index (χ0) is 11.1. The third-order valence-corrected chi connectivity index (χ3v) is 4.12. The van der Waals surface area contributed by atoms with Crippen molar-refractivity contribution in [1.29, 1.82) is 0 Å². The fourth-order valence-corrected chi connectivity index (χ4v) is 2.83. The molecular formula is C13H18ClN. The lowest BCUT2D eigenvalue weighted by Gasteiger charge is -2.43. The van der Waals surface area contributed by atoms with E-state index in [0.29, 0.717) is 0 Å². The van der Waals surface area contributed by atoms with Gasteiger partial charge in [-0.3, -0.25) is 0 Å². The molecule has 1 aromatic rings. The summed E-state index contributed by atoms with van der Waals surface area (Å²) < 4.78 is 0. The second-order valence-electron chi connectivity index (χ2n) is 4.73. The first-order valence-corrected chi connectivity index (χ1v) is 5.94. The molecule has 82 valence electrons. The highest BCUT2D eigenvalue weighted by Gasteiger charge is 2.38. The van der Waals surface area contributed by atoms with Crippen molar-refractivity contribution in [3.05, 3.63) is 33.8 Å². The Hall–Kier alpha value is -0.530. The number of rotatable bonds is 2. The van der Waals surface area contributed by atoms with E-state index in [4.69, 9.17) is 17.3 Å². The van der Waals surface area contributed by atoms with E-state index >= 15 is 0 Å². The van der Waals surface area contributed by atoms with Gasteiger partial charge < -0.3 is 5.73 Å². The monoisotopic (exact) mass is 223 g/mol. The molecule has 1 aromatic carbocycles. The highest BCUT2D eigenvalue weighted by Crippen LogP contribution is 2.45. The van der Waals surface area contributed by atoms with Crippen LogP contribution in [0.15, 0.2) is 12.1 Å². The normalized spacial score (nSPS) is 18.7. The van der Waals surface area contributed by atoms with Crippen LogP contribution in [0.25, 0.3) is 0 Å². The molecule has 0 aromatic heterocycles. The molecule has 0 aliphatic heterocycles. The van der Waals surface area contributed by atoms with Gasteiger partial charge in [0.1, 0.15) is 0 Å². The van der Waals surface area contributed by atoms with Crippen LogP contribution in [0.2, 0.25) is 5.02 Å². The maximum atomic E-state index is 6.13. The van der Waals surface area contributed by atoms with Crippen LogP contribution >= 0.6 is 11.6 Å². The summed E-state index contributed by atoms with van der Waals surface area (Å²) in [5, 5.41) is 0.841. The molecule has 0 amide bonds. The third-order valence-electron chi connectivity index (χ3n) is 3.90. The number of benzene rings is 1. The average molecular weight is 224 g/mol. The fourth-order valence-electron chi connectivity index (χ4n) is 2.55. The molecule has 2 N–H and O–H groups in total. The molecule has 1 fully saturated rings. The summed E-state index contributed by atoms with van der Waals surface area (Å²) in [7, 11) is 0. The third kappa shape index (κ3) is 1.68. The van der Waals surface area contributed by atoms with Gasteiger partial charge in [-0.15, -0.1) is 0 Å². The number of hydrogen-bond acceptors (Lipinski definition) is 1. The molecule has 0 unspecified atom stereocenters. The van der Waals surface area contributed by atoms with Crippen molar-refractivity contribution in [2.24, 2.45) is 5.73 Å². The van der Waals surface area contributed by atoms with Crippen LogP contribution in [-0.2, 0) is 5.41 Å². The van der Waals surface area contributed by atoms with Gasteiger partial charge in [0, 0.05) is 17.0 Å². The molecule has 1 saturated carbocycles. The number of nitrogens with two attached hydrogens (primary N) is 1. The zero-order valence-corrected chi connectivity index (χ0v) is 10.2. The van der Waals surface area contributed by atoms with Gasteiger partial charge in [-0.25, -0.2) is 0 Å². The maximum absolute atomic E-state index is 6.13. The summed E-state index contributed by atoms with van der Waals surface area (Å²) in [5.41, 5.74) is 10.2. The van der Waals surface area contributed by atoms with E-state index in [1.54, 1.807) is 0 Å². The molecule has 2 heteroatoms. The molecular weight excluding hydrogens is 206 g/mol. The van der Waals surface area contributed by atoms with Crippen LogP contribution in [0.1, 0.15) is 36.0 Å². The van der Waals surface area contributed by atoms with E-state index in [2.05, 4.69) is 19.9 Å². The SMILES string of the molecule is Cc1cc(Cl)cc(C2(CN)CCC2)c1C. The van der Waals surface area contributed by atoms with Crippen LogP contribution in [0.5, 0.6) is 0 Å². The molecule has 2 rings (SSSR count). The minimum absolute atomic E-state index is 0.222. The van der Waals surface area contributed by atoms with E-state index in [1.807, 2.05) is 6.07 Å². The maximum Gasteiger partial charge on any atom is 0.0411 e. The van der Waals surface area contributed by atoms with Crippen LogP contribution in [0, 0.1) is 13.8 Å². The van der Waals surface area contributed by atoms with E-state index in [9.17, 15) is 0 Å². The van der Waals surface area contributed by atoms with Gasteiger partial charge >= 0.3 is 0 Å². The van der Waals surface area contributed by atoms with Gasteiger partial charge in [-0.1, -0.05) is 18.0 Å². The van der Waals surface area contributed by atoms with Gasteiger partial charge in [0.15, 0.2) is 0 Å². The first-order chi connectivity index (χ1) is 7.09. The number of hydrogen-bond donors (Lipinski definition) is 1. The Balaban J connectivity index is 2.51. The summed E-state index contributed by atoms with van der Waals surface area (Å²) in [5.74, 6) is 0. The first kappa shape index (κ1) is 11.0. The standard InChI is InChI=1S/C13H18ClN/c1-9-6-11(14)7-12(10(9)2)13(8-15)4-3-5-13/h6-7H,3-5,8,15H2,1-2H3. The minimum Gasteiger partial charge on any atom is -0.330 e. The molecule has 0 radical (unpaired) electrons. The van der Waals surface area contributed by atoms with Crippen molar-refractivity contribution < 1.29 is 0 Å². The predicted octanol–water partition coefficient (Wildman–Crippen LogP) is 3.34. The molecule has 15 heavy (non-hydrogen) atoms. The Morgan fingerprint density at radius 1 is 1.33 bits per heavy atom. The van der Waals surface area contributed by atoms with Crippen molar-refractivity contribution in [1.82, 2.24) is 0 Å². The topological polar surface area (TPSA) is 26.0 Å². The summed E-state index contributed by atoms with van der Waals surface area (Å²) >= 11 is 6.13. The summed E-state index contributed by atoms with van der Waals surface area (Å²) in [4.78, 5) is 0. The Morgan fingerprint density at radius 3 is 2.47 bits per heavy atom. The first-order valence-electron chi connectivity index (χ1n) is 5.56. The largest absolute Gasteiger partial charge is 0.330 e. The lowest BCUT2D eigenvalue weighted by atomic mass is 9.63. The molecule has 1 nitrogen and oxygen atoms in total. The lowest BCUT2D eigenvalue weighted by Crippen LogP contribution is -2.42.